The van der Waals surface area contributed by atoms with Crippen LogP contribution in [0.5, 0.6) is 0 Å². The summed E-state index contributed by atoms with van der Waals surface area (Å²) >= 11 is 0. The molecule has 0 aliphatic carbocycles. The van der Waals surface area contributed by atoms with Crippen molar-refractivity contribution >= 4 is 17.6 Å². The Morgan fingerprint density at radius 2 is 2.14 bits per heavy atom. The number of aromatic nitrogens is 2. The predicted molar refractivity (Wildman–Crippen MR) is 110 cm³/mol. The number of benzene rings is 1. The molecule has 2 amide bonds. The van der Waals surface area contributed by atoms with Gasteiger partial charge >= 0.3 is 0 Å². The molecule has 154 valence electrons. The number of carbonyl (C=O) groups is 2. The maximum atomic E-state index is 12.6. The highest BCUT2D eigenvalue weighted by atomic mass is 16.5. The number of hydrogen-bond acceptors (Lipinski definition) is 4. The molecule has 1 atom stereocenters. The average molecular weight is 396 g/mol. The third-order valence-corrected chi connectivity index (χ3v) is 5.63. The van der Waals surface area contributed by atoms with Crippen LogP contribution < -0.4 is 10.6 Å². The molecule has 4 rings (SSSR count). The summed E-state index contributed by atoms with van der Waals surface area (Å²) in [5.41, 5.74) is 3.41. The van der Waals surface area contributed by atoms with Gasteiger partial charge in [0.2, 0.25) is 11.8 Å². The molecule has 0 radical (unpaired) electrons. The lowest BCUT2D eigenvalue weighted by Gasteiger charge is -2.24. The standard InChI is InChI=1S/C22H28N4O3/c1-2-4-15-5-3-6-16(11-15)19-13-20(24-22(28)17-12-21(27)23-14-17)25-26(19)18-7-9-29-10-8-18/h3,5-6,11,13,17-18H,2,4,7-10,12,14H2,1H3,(H,23,27)(H,24,25,28)/t17-/m1/s1. The molecule has 2 N–H and O–H groups in total. The van der Waals surface area contributed by atoms with Gasteiger partial charge in [0.25, 0.3) is 0 Å². The Labute approximate surface area is 170 Å². The number of rotatable bonds is 6. The minimum atomic E-state index is -0.341. The molecular weight excluding hydrogens is 368 g/mol. The molecule has 7 nitrogen and oxygen atoms in total. The van der Waals surface area contributed by atoms with Gasteiger partial charge in [-0.25, -0.2) is 0 Å². The van der Waals surface area contributed by atoms with Crippen molar-refractivity contribution in [3.05, 3.63) is 35.9 Å². The summed E-state index contributed by atoms with van der Waals surface area (Å²) in [5.74, 6) is -0.0404. The summed E-state index contributed by atoms with van der Waals surface area (Å²) in [5, 5.41) is 10.4. The Morgan fingerprint density at radius 1 is 1.31 bits per heavy atom. The van der Waals surface area contributed by atoms with Crippen molar-refractivity contribution in [2.24, 2.45) is 5.92 Å². The SMILES string of the molecule is CCCc1cccc(-c2cc(NC(=O)[C@H]3CNC(=O)C3)nn2C2CCOCC2)c1. The van der Waals surface area contributed by atoms with Crippen LogP contribution in [0.2, 0.25) is 0 Å². The zero-order chi connectivity index (χ0) is 20.2. The van der Waals surface area contributed by atoms with E-state index in [1.54, 1.807) is 0 Å². The van der Waals surface area contributed by atoms with Gasteiger partial charge in [0.05, 0.1) is 17.7 Å². The van der Waals surface area contributed by atoms with Crippen LogP contribution in [0.25, 0.3) is 11.3 Å². The maximum absolute atomic E-state index is 12.6. The van der Waals surface area contributed by atoms with Crippen molar-refractivity contribution in [2.75, 3.05) is 25.1 Å². The molecule has 1 aromatic heterocycles. The first kappa shape index (κ1) is 19.6. The molecule has 2 aliphatic rings. The Bertz CT molecular complexity index is 886. The summed E-state index contributed by atoms with van der Waals surface area (Å²) in [7, 11) is 0. The molecule has 1 aromatic carbocycles. The molecule has 29 heavy (non-hydrogen) atoms. The average Bonchev–Trinajstić information content (AvgIpc) is 3.36. The van der Waals surface area contributed by atoms with Crippen molar-refractivity contribution in [3.63, 3.8) is 0 Å². The molecule has 2 saturated heterocycles. The van der Waals surface area contributed by atoms with Crippen LogP contribution >= 0.6 is 0 Å². The summed E-state index contributed by atoms with van der Waals surface area (Å²) < 4.78 is 7.56. The molecular formula is C22H28N4O3. The number of hydrogen-bond donors (Lipinski definition) is 2. The molecule has 3 heterocycles. The first-order valence-electron chi connectivity index (χ1n) is 10.5. The summed E-state index contributed by atoms with van der Waals surface area (Å²) in [6, 6.07) is 10.7. The third-order valence-electron chi connectivity index (χ3n) is 5.63. The molecule has 0 unspecified atom stereocenters. The number of ether oxygens (including phenoxy) is 1. The first-order chi connectivity index (χ1) is 14.1. The van der Waals surface area contributed by atoms with Crippen molar-refractivity contribution < 1.29 is 14.3 Å². The summed E-state index contributed by atoms with van der Waals surface area (Å²) in [6.07, 6.45) is 4.16. The molecule has 2 aromatic rings. The Hall–Kier alpha value is -2.67. The van der Waals surface area contributed by atoms with Crippen LogP contribution in [0.15, 0.2) is 30.3 Å². The van der Waals surface area contributed by atoms with Crippen molar-refractivity contribution in [1.82, 2.24) is 15.1 Å². The highest BCUT2D eigenvalue weighted by Gasteiger charge is 2.29. The largest absolute Gasteiger partial charge is 0.381 e. The van der Waals surface area contributed by atoms with Gasteiger partial charge in [0, 0.05) is 37.8 Å². The minimum absolute atomic E-state index is 0.0775. The van der Waals surface area contributed by atoms with E-state index in [0.29, 0.717) is 12.4 Å². The quantitative estimate of drug-likeness (QED) is 0.786. The van der Waals surface area contributed by atoms with E-state index in [1.165, 1.54) is 5.56 Å². The topological polar surface area (TPSA) is 85.3 Å². The second-order valence-corrected chi connectivity index (χ2v) is 7.85. The fourth-order valence-electron chi connectivity index (χ4n) is 4.07. The zero-order valence-corrected chi connectivity index (χ0v) is 16.8. The van der Waals surface area contributed by atoms with E-state index in [1.807, 2.05) is 10.7 Å². The van der Waals surface area contributed by atoms with Gasteiger partial charge < -0.3 is 15.4 Å². The fraction of sp³-hybridized carbons (Fsp3) is 0.500. The Kier molecular flexibility index (Phi) is 5.94. The van der Waals surface area contributed by atoms with Crippen molar-refractivity contribution in [2.45, 2.75) is 45.1 Å². The number of amides is 2. The monoisotopic (exact) mass is 396 g/mol. The lowest BCUT2D eigenvalue weighted by molar-refractivity contribution is -0.123. The predicted octanol–water partition coefficient (Wildman–Crippen LogP) is 2.93. The lowest BCUT2D eigenvalue weighted by Crippen LogP contribution is -2.25. The molecule has 0 bridgehead atoms. The van der Waals surface area contributed by atoms with E-state index >= 15 is 0 Å². The molecule has 2 fully saturated rings. The summed E-state index contributed by atoms with van der Waals surface area (Å²) in [4.78, 5) is 24.0. The van der Waals surface area contributed by atoms with Gasteiger partial charge in [-0.1, -0.05) is 31.5 Å². The van der Waals surface area contributed by atoms with E-state index in [2.05, 4.69) is 41.8 Å². The second-order valence-electron chi connectivity index (χ2n) is 7.85. The first-order valence-corrected chi connectivity index (χ1v) is 10.5. The Balaban J connectivity index is 1.62. The van der Waals surface area contributed by atoms with Crippen LogP contribution in [-0.4, -0.2) is 41.4 Å². The van der Waals surface area contributed by atoms with Crippen LogP contribution in [0.4, 0.5) is 5.82 Å². The Morgan fingerprint density at radius 3 is 2.86 bits per heavy atom. The fourth-order valence-corrected chi connectivity index (χ4v) is 4.07. The lowest BCUT2D eigenvalue weighted by atomic mass is 10.0. The molecule has 0 saturated carbocycles. The van der Waals surface area contributed by atoms with Crippen LogP contribution in [0, 0.1) is 5.92 Å². The number of anilines is 1. The van der Waals surface area contributed by atoms with E-state index in [0.717, 1.165) is 50.2 Å². The van der Waals surface area contributed by atoms with E-state index in [4.69, 9.17) is 9.84 Å². The normalized spacial score (nSPS) is 19.9. The minimum Gasteiger partial charge on any atom is -0.381 e. The second kappa shape index (κ2) is 8.78. The maximum Gasteiger partial charge on any atom is 0.230 e. The third kappa shape index (κ3) is 4.50. The van der Waals surface area contributed by atoms with Crippen molar-refractivity contribution in [1.29, 1.82) is 0 Å². The molecule has 0 spiro atoms. The van der Waals surface area contributed by atoms with Crippen LogP contribution in [0.1, 0.15) is 44.2 Å². The van der Waals surface area contributed by atoms with Crippen molar-refractivity contribution in [3.8, 4) is 11.3 Å². The number of nitrogens with one attached hydrogen (secondary N) is 2. The number of carbonyl (C=O) groups excluding carboxylic acids is 2. The van der Waals surface area contributed by atoms with Gasteiger partial charge in [-0.2, -0.15) is 5.10 Å². The smallest absolute Gasteiger partial charge is 0.230 e. The van der Waals surface area contributed by atoms with Gasteiger partial charge in [-0.15, -0.1) is 0 Å². The molecule has 7 heteroatoms. The van der Waals surface area contributed by atoms with Gasteiger partial charge in [-0.05, 0) is 30.9 Å². The summed E-state index contributed by atoms with van der Waals surface area (Å²) in [6.45, 7) is 4.00. The van der Waals surface area contributed by atoms with E-state index < -0.39 is 0 Å². The van der Waals surface area contributed by atoms with E-state index in [9.17, 15) is 9.59 Å². The number of nitrogens with zero attached hydrogens (tertiary/aromatic N) is 2. The van der Waals surface area contributed by atoms with Gasteiger partial charge in [-0.3, -0.25) is 14.3 Å². The number of aryl methyl sites for hydroxylation is 1. The highest BCUT2D eigenvalue weighted by Crippen LogP contribution is 2.31. The zero-order valence-electron chi connectivity index (χ0n) is 16.8. The highest BCUT2D eigenvalue weighted by molar-refractivity contribution is 5.96. The molecule has 2 aliphatic heterocycles. The van der Waals surface area contributed by atoms with Crippen LogP contribution in [-0.2, 0) is 20.7 Å². The van der Waals surface area contributed by atoms with Crippen LogP contribution in [0.3, 0.4) is 0 Å². The van der Waals surface area contributed by atoms with Gasteiger partial charge in [0.15, 0.2) is 5.82 Å². The van der Waals surface area contributed by atoms with E-state index in [-0.39, 0.29) is 30.2 Å². The van der Waals surface area contributed by atoms with Gasteiger partial charge in [0.1, 0.15) is 0 Å².